The number of hydrogen-bond acceptors (Lipinski definition) is 7. The number of carboxylic acid groups (broad SMARTS) is 1. The Labute approximate surface area is 210 Å². The molecule has 0 saturated carbocycles. The molecule has 9 heteroatoms. The molecule has 3 atom stereocenters. The van der Waals surface area contributed by atoms with Gasteiger partial charge in [0.2, 0.25) is 6.41 Å². The van der Waals surface area contributed by atoms with E-state index in [-0.39, 0.29) is 6.17 Å². The second kappa shape index (κ2) is 10.2. The van der Waals surface area contributed by atoms with Gasteiger partial charge in [-0.05, 0) is 69.3 Å². The van der Waals surface area contributed by atoms with Gasteiger partial charge in [-0.3, -0.25) is 14.6 Å². The van der Waals surface area contributed by atoms with Gasteiger partial charge in [-0.25, -0.2) is 9.78 Å². The molecular formula is C27H30N6O3. The highest BCUT2D eigenvalue weighted by Crippen LogP contribution is 2.47. The quantitative estimate of drug-likeness (QED) is 0.519. The molecule has 1 aromatic carbocycles. The van der Waals surface area contributed by atoms with E-state index in [0.717, 1.165) is 24.2 Å². The zero-order valence-corrected chi connectivity index (χ0v) is 20.6. The lowest BCUT2D eigenvalue weighted by atomic mass is 9.83. The number of hydrogen-bond donors (Lipinski definition) is 2. The third-order valence-electron chi connectivity index (χ3n) is 7.27. The molecule has 1 aromatic heterocycles. The van der Waals surface area contributed by atoms with E-state index >= 15 is 0 Å². The number of pyridine rings is 1. The maximum atomic E-state index is 12.2. The molecule has 1 amide bonds. The molecule has 0 unspecified atom stereocenters. The minimum atomic E-state index is -0.923. The Morgan fingerprint density at radius 3 is 2.69 bits per heavy atom. The monoisotopic (exact) mass is 486 g/mol. The predicted octanol–water partition coefficient (Wildman–Crippen LogP) is 3.40. The molecule has 2 heterocycles. The Morgan fingerprint density at radius 2 is 2.11 bits per heavy atom. The van der Waals surface area contributed by atoms with Gasteiger partial charge in [0.15, 0.2) is 0 Å². The number of aromatic nitrogens is 1. The van der Waals surface area contributed by atoms with Crippen LogP contribution in [-0.2, 0) is 9.59 Å². The molecule has 1 fully saturated rings. The van der Waals surface area contributed by atoms with Crippen LogP contribution in [0, 0.1) is 11.3 Å². The van der Waals surface area contributed by atoms with E-state index in [1.165, 1.54) is 4.90 Å². The van der Waals surface area contributed by atoms with Crippen molar-refractivity contribution in [1.29, 1.82) is 5.26 Å². The van der Waals surface area contributed by atoms with Crippen molar-refractivity contribution in [2.24, 2.45) is 0 Å². The van der Waals surface area contributed by atoms with Gasteiger partial charge < -0.3 is 15.3 Å². The van der Waals surface area contributed by atoms with Crippen LogP contribution in [0.3, 0.4) is 0 Å². The number of carbonyl (C=O) groups is 2. The summed E-state index contributed by atoms with van der Waals surface area (Å²) in [6, 6.07) is 13.9. The van der Waals surface area contributed by atoms with E-state index in [0.29, 0.717) is 30.0 Å². The van der Waals surface area contributed by atoms with Crippen molar-refractivity contribution in [3.63, 3.8) is 0 Å². The molecule has 9 nitrogen and oxygen atoms in total. The minimum absolute atomic E-state index is 0.259. The van der Waals surface area contributed by atoms with Crippen molar-refractivity contribution >= 4 is 23.9 Å². The topological polar surface area (TPSA) is 113 Å². The molecule has 0 radical (unpaired) electrons. The summed E-state index contributed by atoms with van der Waals surface area (Å²) in [5.74, 6) is -0.421. The smallest absolute Gasteiger partial charge is 0.326 e. The molecular weight excluding hydrogens is 456 g/mol. The molecule has 0 bridgehead atoms. The largest absolute Gasteiger partial charge is 0.480 e. The number of rotatable bonds is 9. The summed E-state index contributed by atoms with van der Waals surface area (Å²) in [4.78, 5) is 34.3. The summed E-state index contributed by atoms with van der Waals surface area (Å²) in [6.45, 7) is 4.25. The minimum Gasteiger partial charge on any atom is -0.480 e. The Balaban J connectivity index is 1.71. The van der Waals surface area contributed by atoms with Crippen LogP contribution in [-0.4, -0.2) is 63.6 Å². The first kappa shape index (κ1) is 24.9. The number of anilines is 2. The van der Waals surface area contributed by atoms with Crippen molar-refractivity contribution in [3.05, 3.63) is 77.8 Å². The highest BCUT2D eigenvalue weighted by molar-refractivity contribution is 5.80. The number of nitriles is 1. The predicted molar refractivity (Wildman–Crippen MR) is 137 cm³/mol. The molecule has 36 heavy (non-hydrogen) atoms. The first-order valence-electron chi connectivity index (χ1n) is 11.9. The van der Waals surface area contributed by atoms with E-state index < -0.39 is 17.6 Å². The van der Waals surface area contributed by atoms with Crippen LogP contribution in [0.1, 0.15) is 32.3 Å². The van der Waals surface area contributed by atoms with E-state index in [4.69, 9.17) is 5.26 Å². The van der Waals surface area contributed by atoms with Gasteiger partial charge in [-0.15, -0.1) is 0 Å². The molecule has 4 rings (SSSR count). The Hall–Kier alpha value is -4.16. The van der Waals surface area contributed by atoms with Gasteiger partial charge in [-0.1, -0.05) is 19.1 Å². The van der Waals surface area contributed by atoms with Crippen molar-refractivity contribution in [3.8, 4) is 6.07 Å². The Morgan fingerprint density at radius 1 is 1.36 bits per heavy atom. The summed E-state index contributed by atoms with van der Waals surface area (Å²) in [6.07, 6.45) is 7.43. The molecule has 2 N–H and O–H groups in total. The van der Waals surface area contributed by atoms with Gasteiger partial charge >= 0.3 is 5.97 Å². The average molecular weight is 487 g/mol. The fourth-order valence-corrected chi connectivity index (χ4v) is 5.16. The van der Waals surface area contributed by atoms with E-state index in [1.807, 2.05) is 42.3 Å². The Bertz CT molecular complexity index is 1220. The molecule has 1 saturated heterocycles. The number of amides is 1. The highest BCUT2D eigenvalue weighted by atomic mass is 16.4. The molecule has 186 valence electrons. The summed E-state index contributed by atoms with van der Waals surface area (Å²) >= 11 is 0. The van der Waals surface area contributed by atoms with Crippen LogP contribution in [0.25, 0.3) is 0 Å². The van der Waals surface area contributed by atoms with E-state index in [9.17, 15) is 14.7 Å². The SMILES string of the molecule is CC[C@]12CC=C(N(C=O)c3ccccn3)C=C1N([C@H](C)C(=O)O)[C@@H](CNc1ccc(C#N)cc1)N2C. The van der Waals surface area contributed by atoms with Crippen LogP contribution in [0.4, 0.5) is 11.5 Å². The number of carboxylic acids is 1. The maximum absolute atomic E-state index is 12.2. The van der Waals surface area contributed by atoms with Crippen LogP contribution >= 0.6 is 0 Å². The number of nitrogens with zero attached hydrogens (tertiary/aromatic N) is 5. The summed E-state index contributed by atoms with van der Waals surface area (Å²) in [5, 5.41) is 22.5. The van der Waals surface area contributed by atoms with E-state index in [2.05, 4.69) is 28.2 Å². The molecule has 1 aliphatic carbocycles. The van der Waals surface area contributed by atoms with Gasteiger partial charge in [-0.2, -0.15) is 5.26 Å². The first-order valence-corrected chi connectivity index (χ1v) is 11.9. The maximum Gasteiger partial charge on any atom is 0.326 e. The number of allylic oxidation sites excluding steroid dienone is 1. The van der Waals surface area contributed by atoms with Crippen molar-refractivity contribution < 1.29 is 14.7 Å². The fraction of sp³-hybridized carbons (Fsp3) is 0.333. The molecule has 1 aliphatic heterocycles. The number of benzene rings is 1. The zero-order valence-electron chi connectivity index (χ0n) is 20.6. The summed E-state index contributed by atoms with van der Waals surface area (Å²) in [5.41, 5.74) is 2.55. The number of aliphatic carboxylic acids is 1. The van der Waals surface area contributed by atoms with Crippen LogP contribution in [0.15, 0.2) is 72.2 Å². The standard InChI is InChI=1S/C27H30N6O3/c1-4-27-13-12-22(32(18-34)24-7-5-6-14-29-24)15-23(27)33(19(2)26(35)36)25(31(27)3)17-30-21-10-8-20(16-28)9-11-21/h5-12,14-15,18-19,25,30H,4,13,17H2,1-3H3,(H,35,36)/t19-,25+,27+/m1/s1. The molecule has 2 aliphatic rings. The van der Waals surface area contributed by atoms with Gasteiger partial charge in [0.1, 0.15) is 18.0 Å². The first-order chi connectivity index (χ1) is 17.4. The summed E-state index contributed by atoms with van der Waals surface area (Å²) < 4.78 is 0. The number of nitrogens with one attached hydrogen (secondary N) is 1. The number of likely N-dealkylation sites (N-methyl/N-ethyl adjacent to an activating group) is 1. The third-order valence-corrected chi connectivity index (χ3v) is 7.27. The Kier molecular flexibility index (Phi) is 7.08. The van der Waals surface area contributed by atoms with Crippen molar-refractivity contribution in [2.75, 3.05) is 23.8 Å². The van der Waals surface area contributed by atoms with Crippen molar-refractivity contribution in [2.45, 2.75) is 44.4 Å². The van der Waals surface area contributed by atoms with Gasteiger partial charge in [0.25, 0.3) is 0 Å². The number of fused-ring (bicyclic) bond motifs is 1. The normalized spacial score (nSPS) is 22.1. The van der Waals surface area contributed by atoms with Crippen LogP contribution < -0.4 is 10.2 Å². The molecule has 2 aromatic rings. The van der Waals surface area contributed by atoms with Crippen LogP contribution in [0.2, 0.25) is 0 Å². The zero-order chi connectivity index (χ0) is 25.9. The lowest BCUT2D eigenvalue weighted by molar-refractivity contribution is -0.142. The highest BCUT2D eigenvalue weighted by Gasteiger charge is 2.54. The van der Waals surface area contributed by atoms with Crippen molar-refractivity contribution in [1.82, 2.24) is 14.8 Å². The van der Waals surface area contributed by atoms with Crippen LogP contribution in [0.5, 0.6) is 0 Å². The second-order valence-corrected chi connectivity index (χ2v) is 8.99. The van der Waals surface area contributed by atoms with Gasteiger partial charge in [0.05, 0.1) is 17.2 Å². The van der Waals surface area contributed by atoms with Gasteiger partial charge in [0, 0.05) is 29.8 Å². The number of carbonyl (C=O) groups excluding carboxylic acids is 1. The third kappa shape index (κ3) is 4.32. The lowest BCUT2D eigenvalue weighted by Crippen LogP contribution is -2.50. The second-order valence-electron chi connectivity index (χ2n) is 8.99. The lowest BCUT2D eigenvalue weighted by Gasteiger charge is -2.39. The summed E-state index contributed by atoms with van der Waals surface area (Å²) in [7, 11) is 2.02. The molecule has 0 spiro atoms. The van der Waals surface area contributed by atoms with E-state index in [1.54, 1.807) is 37.4 Å². The average Bonchev–Trinajstić information content (AvgIpc) is 3.15. The fourth-order valence-electron chi connectivity index (χ4n) is 5.16.